The minimum absolute atomic E-state index is 0.0246. The Balaban J connectivity index is 2.41. The van der Waals surface area contributed by atoms with Crippen molar-refractivity contribution in [1.82, 2.24) is 14.8 Å². The minimum Gasteiger partial charge on any atom is -0.294 e. The predicted molar refractivity (Wildman–Crippen MR) is 70.9 cm³/mol. The van der Waals surface area contributed by atoms with E-state index in [1.54, 1.807) is 18.8 Å². The van der Waals surface area contributed by atoms with Crippen LogP contribution >= 0.6 is 0 Å². The zero-order valence-corrected chi connectivity index (χ0v) is 11.1. The number of aromatic nitrogens is 4. The molecular formula is C14H15N4O+. The molecule has 5 nitrogen and oxygen atoms in total. The van der Waals surface area contributed by atoms with Gasteiger partial charge in [-0.05, 0) is 17.6 Å². The molecule has 0 spiro atoms. The van der Waals surface area contributed by atoms with Gasteiger partial charge in [0.2, 0.25) is 0 Å². The van der Waals surface area contributed by atoms with Crippen LogP contribution < -0.4 is 4.80 Å². The summed E-state index contributed by atoms with van der Waals surface area (Å²) in [5, 5.41) is 7.43. The van der Waals surface area contributed by atoms with E-state index >= 15 is 0 Å². The third kappa shape index (κ3) is 1.66. The van der Waals surface area contributed by atoms with Gasteiger partial charge in [0.05, 0.1) is 0 Å². The first-order valence-corrected chi connectivity index (χ1v) is 6.13. The number of aromatic amines is 1. The van der Waals surface area contributed by atoms with E-state index in [1.807, 2.05) is 41.8 Å². The van der Waals surface area contributed by atoms with Crippen LogP contribution in [0.3, 0.4) is 0 Å². The van der Waals surface area contributed by atoms with Gasteiger partial charge < -0.3 is 0 Å². The van der Waals surface area contributed by atoms with Crippen molar-refractivity contribution >= 4 is 11.4 Å². The number of ketones is 1. The first-order chi connectivity index (χ1) is 9.09. The molecule has 0 saturated carbocycles. The van der Waals surface area contributed by atoms with Crippen molar-refractivity contribution in [1.29, 1.82) is 0 Å². The second-order valence-electron chi connectivity index (χ2n) is 4.64. The highest BCUT2D eigenvalue weighted by molar-refractivity contribution is 6.07. The van der Waals surface area contributed by atoms with E-state index in [9.17, 15) is 4.79 Å². The SMILES string of the molecule is CC(=O)c1c(-c2ccccc2)c(C)n2[nH][n+](C)nc12. The highest BCUT2D eigenvalue weighted by Crippen LogP contribution is 2.31. The summed E-state index contributed by atoms with van der Waals surface area (Å²) < 4.78 is 1.85. The van der Waals surface area contributed by atoms with Crippen LogP contribution in [0.15, 0.2) is 30.3 Å². The third-order valence-corrected chi connectivity index (χ3v) is 3.29. The quantitative estimate of drug-likeness (QED) is 0.559. The lowest BCUT2D eigenvalue weighted by molar-refractivity contribution is -0.783. The molecule has 0 aliphatic rings. The number of aryl methyl sites for hydroxylation is 2. The molecule has 3 aromatic rings. The number of carbonyl (C=O) groups is 1. The summed E-state index contributed by atoms with van der Waals surface area (Å²) in [7, 11) is 1.80. The van der Waals surface area contributed by atoms with Crippen LogP contribution in [0.5, 0.6) is 0 Å². The van der Waals surface area contributed by atoms with Gasteiger partial charge in [0.25, 0.3) is 5.65 Å². The fraction of sp³-hybridized carbons (Fsp3) is 0.214. The lowest BCUT2D eigenvalue weighted by Gasteiger charge is -2.00. The lowest BCUT2D eigenvalue weighted by atomic mass is 10.00. The van der Waals surface area contributed by atoms with Gasteiger partial charge in [-0.15, -0.1) is 4.52 Å². The number of nitrogens with zero attached hydrogens (tertiary/aromatic N) is 3. The first-order valence-electron chi connectivity index (χ1n) is 6.13. The second-order valence-corrected chi connectivity index (χ2v) is 4.64. The number of tetrazole rings is 1. The van der Waals surface area contributed by atoms with E-state index in [1.165, 1.54) is 0 Å². The van der Waals surface area contributed by atoms with Crippen molar-refractivity contribution in [3.63, 3.8) is 0 Å². The molecular weight excluding hydrogens is 240 g/mol. The maximum Gasteiger partial charge on any atom is 0.297 e. The molecule has 3 rings (SSSR count). The van der Waals surface area contributed by atoms with E-state index in [-0.39, 0.29) is 5.78 Å². The number of rotatable bonds is 2. The molecule has 1 aromatic carbocycles. The Morgan fingerprint density at radius 1 is 1.32 bits per heavy atom. The van der Waals surface area contributed by atoms with Gasteiger partial charge in [-0.3, -0.25) is 4.79 Å². The number of benzene rings is 1. The van der Waals surface area contributed by atoms with Crippen molar-refractivity contribution in [2.45, 2.75) is 13.8 Å². The topological polar surface area (TPSA) is 54.0 Å². The molecule has 0 aliphatic heterocycles. The zero-order valence-electron chi connectivity index (χ0n) is 11.1. The van der Waals surface area contributed by atoms with E-state index in [4.69, 9.17) is 0 Å². The van der Waals surface area contributed by atoms with Gasteiger partial charge in [0, 0.05) is 12.5 Å². The maximum atomic E-state index is 12.0. The maximum absolute atomic E-state index is 12.0. The fourth-order valence-corrected chi connectivity index (χ4v) is 2.49. The van der Waals surface area contributed by atoms with E-state index in [0.717, 1.165) is 16.8 Å². The Labute approximate surface area is 110 Å². The average molecular weight is 255 g/mol. The van der Waals surface area contributed by atoms with Crippen LogP contribution in [0.2, 0.25) is 0 Å². The van der Waals surface area contributed by atoms with Crippen LogP contribution in [0, 0.1) is 6.92 Å². The van der Waals surface area contributed by atoms with Crippen molar-refractivity contribution in [2.24, 2.45) is 7.05 Å². The molecule has 2 heterocycles. The summed E-state index contributed by atoms with van der Waals surface area (Å²) >= 11 is 0. The number of carbonyl (C=O) groups excluding carboxylic acids is 1. The molecule has 0 radical (unpaired) electrons. The summed E-state index contributed by atoms with van der Waals surface area (Å²) in [4.78, 5) is 13.6. The summed E-state index contributed by atoms with van der Waals surface area (Å²) in [5.41, 5.74) is 4.31. The Kier molecular flexibility index (Phi) is 2.48. The van der Waals surface area contributed by atoms with Gasteiger partial charge in [0.15, 0.2) is 5.78 Å². The van der Waals surface area contributed by atoms with Crippen LogP contribution in [0.1, 0.15) is 23.0 Å². The normalized spacial score (nSPS) is 11.1. The molecule has 19 heavy (non-hydrogen) atoms. The number of nitrogens with one attached hydrogen (secondary N) is 1. The Bertz CT molecular complexity index is 768. The summed E-state index contributed by atoms with van der Waals surface area (Å²) in [6, 6.07) is 9.92. The number of H-pyrrole nitrogens is 1. The molecule has 1 N–H and O–H groups in total. The fourth-order valence-electron chi connectivity index (χ4n) is 2.49. The summed E-state index contributed by atoms with van der Waals surface area (Å²) in [6.07, 6.45) is 0. The molecule has 0 amide bonds. The Morgan fingerprint density at radius 2 is 2.00 bits per heavy atom. The van der Waals surface area contributed by atoms with Crippen LogP contribution in [-0.2, 0) is 7.05 Å². The standard InChI is InChI=1S/C14H14N4O/c1-9-12(11-7-5-4-6-8-11)13(10(2)19)14-15-17(3)16-18(9)14/h4-8H,1-3H3/p+1. The zero-order chi connectivity index (χ0) is 13.6. The van der Waals surface area contributed by atoms with Crippen molar-refractivity contribution in [2.75, 3.05) is 0 Å². The predicted octanol–water partition coefficient (Wildman–Crippen LogP) is 1.66. The van der Waals surface area contributed by atoms with Crippen molar-refractivity contribution in [3.05, 3.63) is 41.6 Å². The molecule has 5 heteroatoms. The molecule has 0 aliphatic carbocycles. The number of hydrogen-bond acceptors (Lipinski definition) is 2. The highest BCUT2D eigenvalue weighted by Gasteiger charge is 2.27. The average Bonchev–Trinajstić information content (AvgIpc) is 2.87. The smallest absolute Gasteiger partial charge is 0.294 e. The Hall–Kier alpha value is -2.43. The molecule has 0 unspecified atom stereocenters. The van der Waals surface area contributed by atoms with Gasteiger partial charge >= 0.3 is 0 Å². The van der Waals surface area contributed by atoms with Crippen LogP contribution in [0.4, 0.5) is 0 Å². The first kappa shape index (κ1) is 11.6. The van der Waals surface area contributed by atoms with Gasteiger partial charge in [-0.1, -0.05) is 40.3 Å². The molecule has 0 saturated heterocycles. The second kappa shape index (κ2) is 4.05. The van der Waals surface area contributed by atoms with Crippen molar-refractivity contribution in [3.8, 4) is 11.1 Å². The van der Waals surface area contributed by atoms with E-state index < -0.39 is 0 Å². The van der Waals surface area contributed by atoms with E-state index in [2.05, 4.69) is 10.3 Å². The van der Waals surface area contributed by atoms with Gasteiger partial charge in [-0.25, -0.2) is 0 Å². The monoisotopic (exact) mass is 255 g/mol. The largest absolute Gasteiger partial charge is 0.297 e. The molecule has 0 fully saturated rings. The Morgan fingerprint density at radius 3 is 2.63 bits per heavy atom. The lowest BCUT2D eigenvalue weighted by Crippen LogP contribution is -2.34. The van der Waals surface area contributed by atoms with Crippen LogP contribution in [-0.4, -0.2) is 20.6 Å². The van der Waals surface area contributed by atoms with Gasteiger partial charge in [0.1, 0.15) is 18.3 Å². The number of fused-ring (bicyclic) bond motifs is 1. The molecule has 0 bridgehead atoms. The number of Topliss-reactive ketones (excluding diaryl/α,β-unsaturated/α-hetero) is 1. The third-order valence-electron chi connectivity index (χ3n) is 3.29. The molecule has 0 atom stereocenters. The molecule has 2 aromatic heterocycles. The molecule has 96 valence electrons. The van der Waals surface area contributed by atoms with Crippen LogP contribution in [0.25, 0.3) is 16.8 Å². The highest BCUT2D eigenvalue weighted by atomic mass is 16.1. The summed E-state index contributed by atoms with van der Waals surface area (Å²) in [6.45, 7) is 3.57. The van der Waals surface area contributed by atoms with Gasteiger partial charge in [-0.2, -0.15) is 0 Å². The minimum atomic E-state index is 0.0246. The summed E-state index contributed by atoms with van der Waals surface area (Å²) in [5.74, 6) is 0.0246. The van der Waals surface area contributed by atoms with E-state index in [0.29, 0.717) is 11.2 Å². The number of hydrogen-bond donors (Lipinski definition) is 1. The van der Waals surface area contributed by atoms with Crippen molar-refractivity contribution < 1.29 is 9.59 Å².